The van der Waals surface area contributed by atoms with Gasteiger partial charge in [-0.25, -0.2) is 17.6 Å². The number of carbonyl (C=O) groups is 2. The van der Waals surface area contributed by atoms with Gasteiger partial charge in [0.05, 0.1) is 13.1 Å². The van der Waals surface area contributed by atoms with E-state index in [0.29, 0.717) is 5.75 Å². The van der Waals surface area contributed by atoms with Gasteiger partial charge in [-0.1, -0.05) is 12.1 Å². The monoisotopic (exact) mass is 569 g/mol. The molecule has 1 saturated heterocycles. The van der Waals surface area contributed by atoms with E-state index in [1.807, 2.05) is 0 Å². The summed E-state index contributed by atoms with van der Waals surface area (Å²) in [7, 11) is 0. The number of rotatable bonds is 9. The number of hydrogen-bond donors (Lipinski definition) is 2. The van der Waals surface area contributed by atoms with Gasteiger partial charge in [0, 0.05) is 29.8 Å². The molecule has 0 aliphatic carbocycles. The molecule has 4 N–H and O–H groups in total. The van der Waals surface area contributed by atoms with Crippen LogP contribution in [0.1, 0.15) is 21.5 Å². The van der Waals surface area contributed by atoms with E-state index in [1.165, 1.54) is 41.3 Å². The molecule has 41 heavy (non-hydrogen) atoms. The highest BCUT2D eigenvalue weighted by molar-refractivity contribution is 6.16. The number of likely N-dealkylation sites (tertiary alicyclic amines) is 1. The van der Waals surface area contributed by atoms with Gasteiger partial charge < -0.3 is 25.8 Å². The predicted octanol–water partition coefficient (Wildman–Crippen LogP) is 4.11. The highest BCUT2D eigenvalue weighted by atomic mass is 19.2. The Morgan fingerprint density at radius 1 is 0.732 bits per heavy atom. The summed E-state index contributed by atoms with van der Waals surface area (Å²) in [5.41, 5.74) is 11.9. The number of Topliss-reactive ketones (excluding diaryl/α,β-unsaturated/α-hetero) is 1. The van der Waals surface area contributed by atoms with Crippen LogP contribution in [0.4, 0.5) is 17.6 Å². The van der Waals surface area contributed by atoms with Crippen molar-refractivity contribution < 1.29 is 36.6 Å². The number of halogens is 4. The fourth-order valence-corrected chi connectivity index (χ4v) is 4.18. The molecule has 1 amide bonds. The van der Waals surface area contributed by atoms with Crippen molar-refractivity contribution >= 4 is 23.8 Å². The van der Waals surface area contributed by atoms with E-state index in [1.54, 1.807) is 6.07 Å². The Kier molecular flexibility index (Phi) is 9.53. The molecule has 0 bridgehead atoms. The third-order valence-electron chi connectivity index (χ3n) is 6.10. The first-order valence-corrected chi connectivity index (χ1v) is 12.6. The molecule has 1 heterocycles. The van der Waals surface area contributed by atoms with E-state index in [0.717, 1.165) is 24.3 Å². The van der Waals surface area contributed by atoms with Gasteiger partial charge in [0.1, 0.15) is 13.2 Å². The molecule has 0 unspecified atom stereocenters. The number of ketones is 1. The minimum atomic E-state index is -1.10. The first-order chi connectivity index (χ1) is 19.7. The van der Waals surface area contributed by atoms with E-state index >= 15 is 0 Å². The third kappa shape index (κ3) is 7.19. The van der Waals surface area contributed by atoms with Crippen molar-refractivity contribution in [1.82, 2.24) is 4.90 Å². The lowest BCUT2D eigenvalue weighted by molar-refractivity contribution is -0.113. The number of carbonyl (C=O) groups excluding carboxylic acids is 2. The number of nitrogens with zero attached hydrogens (tertiary/aromatic N) is 1. The molecule has 214 valence electrons. The Hall–Kier alpha value is -4.48. The minimum Gasteiger partial charge on any atom is -0.488 e. The number of ether oxygens (including phenoxy) is 2. The largest absolute Gasteiger partial charge is 0.488 e. The third-order valence-corrected chi connectivity index (χ3v) is 6.10. The zero-order valence-corrected chi connectivity index (χ0v) is 21.8. The van der Waals surface area contributed by atoms with Crippen molar-refractivity contribution in [1.29, 1.82) is 0 Å². The quantitative estimate of drug-likeness (QED) is 0.297. The van der Waals surface area contributed by atoms with Crippen LogP contribution in [0, 0.1) is 23.3 Å². The van der Waals surface area contributed by atoms with E-state index in [2.05, 4.69) is 0 Å². The summed E-state index contributed by atoms with van der Waals surface area (Å²) in [6.07, 6.45) is 2.70. The Morgan fingerprint density at radius 3 is 1.73 bits per heavy atom. The average molecular weight is 570 g/mol. The Bertz CT molecular complexity index is 1450. The maximum absolute atomic E-state index is 13.9. The molecule has 1 aliphatic rings. The fraction of sp³-hybridized carbons (Fsp3) is 0.200. The normalized spacial score (nSPS) is 15.5. The molecule has 1 fully saturated rings. The molecular formula is C30H27F4N3O4. The van der Waals surface area contributed by atoms with Crippen molar-refractivity contribution in [3.8, 4) is 11.5 Å². The number of amides is 1. The van der Waals surface area contributed by atoms with Crippen molar-refractivity contribution in [3.05, 3.63) is 106 Å². The Morgan fingerprint density at radius 2 is 1.24 bits per heavy atom. The van der Waals surface area contributed by atoms with E-state index in [9.17, 15) is 27.2 Å². The van der Waals surface area contributed by atoms with Crippen molar-refractivity contribution in [3.63, 3.8) is 0 Å². The van der Waals surface area contributed by atoms with Gasteiger partial charge in [-0.05, 0) is 65.7 Å². The summed E-state index contributed by atoms with van der Waals surface area (Å²) in [4.78, 5) is 28.4. The van der Waals surface area contributed by atoms with Crippen molar-refractivity contribution in [2.75, 3.05) is 39.4 Å². The predicted molar refractivity (Wildman–Crippen MR) is 145 cm³/mol. The topological polar surface area (TPSA) is 108 Å². The molecule has 0 aromatic heterocycles. The molecule has 0 radical (unpaired) electrons. The van der Waals surface area contributed by atoms with Crippen LogP contribution in [0.2, 0.25) is 0 Å². The molecule has 0 spiro atoms. The second kappa shape index (κ2) is 13.2. The molecule has 11 heteroatoms. The smallest absolute Gasteiger partial charge is 0.254 e. The molecule has 0 atom stereocenters. The lowest BCUT2D eigenvalue weighted by atomic mass is 9.93. The van der Waals surface area contributed by atoms with Gasteiger partial charge in [0.25, 0.3) is 5.91 Å². The highest BCUT2D eigenvalue weighted by Gasteiger charge is 2.30. The van der Waals surface area contributed by atoms with Crippen molar-refractivity contribution in [2.45, 2.75) is 0 Å². The molecule has 7 nitrogen and oxygen atoms in total. The summed E-state index contributed by atoms with van der Waals surface area (Å²) in [5.74, 6) is -4.63. The number of hydrogen-bond acceptors (Lipinski definition) is 6. The lowest BCUT2D eigenvalue weighted by Crippen LogP contribution is -2.41. The second-order valence-electron chi connectivity index (χ2n) is 9.11. The van der Waals surface area contributed by atoms with E-state index < -0.39 is 35.0 Å². The second-order valence-corrected chi connectivity index (χ2v) is 9.11. The molecule has 0 saturated carbocycles. The van der Waals surface area contributed by atoms with Crippen LogP contribution in [-0.2, 0) is 4.79 Å². The zero-order chi connectivity index (χ0) is 29.5. The lowest BCUT2D eigenvalue weighted by Gasteiger charge is -2.30. The summed E-state index contributed by atoms with van der Waals surface area (Å²) in [6, 6.07) is 10.8. The Labute approximate surface area is 233 Å². The fourth-order valence-electron chi connectivity index (χ4n) is 4.18. The van der Waals surface area contributed by atoms with Crippen molar-refractivity contribution in [2.24, 2.45) is 11.5 Å². The van der Waals surface area contributed by atoms with Gasteiger partial charge in [0.15, 0.2) is 40.6 Å². The molecule has 4 rings (SSSR count). The Balaban J connectivity index is 1.72. The van der Waals surface area contributed by atoms with Crippen LogP contribution in [0.3, 0.4) is 0 Å². The summed E-state index contributed by atoms with van der Waals surface area (Å²) in [6.45, 7) is 0.554. The van der Waals surface area contributed by atoms with Gasteiger partial charge in [-0.3, -0.25) is 9.59 Å². The van der Waals surface area contributed by atoms with Gasteiger partial charge in [0.2, 0.25) is 0 Å². The van der Waals surface area contributed by atoms with Gasteiger partial charge in [-0.2, -0.15) is 0 Å². The van der Waals surface area contributed by atoms with E-state index in [-0.39, 0.29) is 73.0 Å². The minimum absolute atomic E-state index is 0.104. The van der Waals surface area contributed by atoms with Crippen LogP contribution < -0.4 is 20.9 Å². The zero-order valence-electron chi connectivity index (χ0n) is 21.8. The summed E-state index contributed by atoms with van der Waals surface area (Å²) < 4.78 is 65.9. The van der Waals surface area contributed by atoms with Crippen LogP contribution in [0.15, 0.2) is 65.7 Å². The number of nitrogens with two attached hydrogens (primary N) is 2. The molecular weight excluding hydrogens is 542 g/mol. The summed E-state index contributed by atoms with van der Waals surface area (Å²) >= 11 is 0. The molecule has 3 aromatic rings. The first kappa shape index (κ1) is 29.5. The average Bonchev–Trinajstić information content (AvgIpc) is 2.96. The van der Waals surface area contributed by atoms with Crippen LogP contribution in [-0.4, -0.2) is 56.0 Å². The number of piperidine rings is 1. The first-order valence-electron chi connectivity index (χ1n) is 12.6. The number of benzene rings is 3. The van der Waals surface area contributed by atoms with Crippen LogP contribution in [0.5, 0.6) is 11.5 Å². The molecule has 1 aliphatic heterocycles. The highest BCUT2D eigenvalue weighted by Crippen LogP contribution is 2.30. The van der Waals surface area contributed by atoms with Gasteiger partial charge >= 0.3 is 0 Å². The standard InChI is InChI=1S/C30H27F4N3O4/c31-23-4-1-18(13-25(23)33)11-21-16-37(17-22(29(21)38)12-19-2-5-24(32)26(34)14-19)30(39)20-3-6-27(40-9-7-35)28(15-20)41-10-8-36/h1-6,11-15H,7-10,16-17,35-36H2/b21-11+,22-12+. The maximum atomic E-state index is 13.9. The summed E-state index contributed by atoms with van der Waals surface area (Å²) in [5, 5.41) is 0. The van der Waals surface area contributed by atoms with Gasteiger partial charge in [-0.15, -0.1) is 0 Å². The maximum Gasteiger partial charge on any atom is 0.254 e. The van der Waals surface area contributed by atoms with Crippen LogP contribution in [0.25, 0.3) is 12.2 Å². The SMILES string of the molecule is NCCOc1ccc(C(=O)N2C/C(=C\c3ccc(F)c(F)c3)C(=O)/C(=C/c3ccc(F)c(F)c3)C2)cc1OCCN. The van der Waals surface area contributed by atoms with E-state index in [4.69, 9.17) is 20.9 Å². The molecule has 3 aromatic carbocycles. The van der Waals surface area contributed by atoms with Crippen LogP contribution >= 0.6 is 0 Å².